The molecule has 140 valence electrons. The van der Waals surface area contributed by atoms with Crippen molar-refractivity contribution >= 4 is 23.4 Å². The van der Waals surface area contributed by atoms with E-state index in [1.807, 2.05) is 24.3 Å². The average Bonchev–Trinajstić information content (AvgIpc) is 3.01. The Labute approximate surface area is 165 Å². The predicted octanol–water partition coefficient (Wildman–Crippen LogP) is 4.73. The zero-order valence-corrected chi connectivity index (χ0v) is 16.1. The molecule has 0 aliphatic heterocycles. The zero-order valence-electron chi connectivity index (χ0n) is 15.2. The lowest BCUT2D eigenvalue weighted by atomic mass is 9.96. The summed E-state index contributed by atoms with van der Waals surface area (Å²) in [6.45, 7) is 0.298. The molecule has 2 aliphatic rings. The minimum Gasteiger partial charge on any atom is -0.448 e. The summed E-state index contributed by atoms with van der Waals surface area (Å²) in [5.74, 6) is 0.0584. The molecule has 0 heterocycles. The number of fused-ring (bicyclic) bond motifs is 3. The largest absolute Gasteiger partial charge is 0.448 e. The molecule has 4 nitrogen and oxygen atoms in total. The molecule has 2 aromatic rings. The van der Waals surface area contributed by atoms with E-state index in [-0.39, 0.29) is 5.92 Å². The van der Waals surface area contributed by atoms with Crippen LogP contribution in [0.3, 0.4) is 0 Å². The zero-order chi connectivity index (χ0) is 18.6. The molecule has 2 aliphatic carbocycles. The van der Waals surface area contributed by atoms with Crippen LogP contribution in [0.1, 0.15) is 49.1 Å². The maximum Gasteiger partial charge on any atom is 0.413 e. The van der Waals surface area contributed by atoms with Crippen LogP contribution in [-0.2, 0) is 4.74 Å². The number of thiocarbonyl (C=S) groups is 1. The van der Waals surface area contributed by atoms with Gasteiger partial charge in [-0.3, -0.25) is 5.32 Å². The van der Waals surface area contributed by atoms with E-state index in [1.54, 1.807) is 0 Å². The highest BCUT2D eigenvalue weighted by Gasteiger charge is 2.29. The van der Waals surface area contributed by atoms with Crippen LogP contribution in [0.4, 0.5) is 4.79 Å². The predicted molar refractivity (Wildman–Crippen MR) is 111 cm³/mol. The molecule has 1 saturated carbocycles. The molecule has 5 heteroatoms. The van der Waals surface area contributed by atoms with Crippen molar-refractivity contribution in [2.24, 2.45) is 0 Å². The lowest BCUT2D eigenvalue weighted by Crippen LogP contribution is -2.45. The Morgan fingerprint density at radius 3 is 2.19 bits per heavy atom. The number of hydrogen-bond acceptors (Lipinski definition) is 3. The van der Waals surface area contributed by atoms with Crippen LogP contribution in [0.2, 0.25) is 0 Å². The van der Waals surface area contributed by atoms with Gasteiger partial charge in [0.2, 0.25) is 0 Å². The molecule has 4 rings (SSSR count). The number of nitrogens with one attached hydrogen (secondary N) is 2. The number of rotatable bonds is 3. The monoisotopic (exact) mass is 380 g/mol. The van der Waals surface area contributed by atoms with Crippen molar-refractivity contribution in [3.05, 3.63) is 59.7 Å². The third kappa shape index (κ3) is 3.98. The molecule has 1 fully saturated rings. The van der Waals surface area contributed by atoms with Gasteiger partial charge in [-0.1, -0.05) is 67.8 Å². The topological polar surface area (TPSA) is 50.4 Å². The van der Waals surface area contributed by atoms with Crippen LogP contribution >= 0.6 is 12.2 Å². The first-order valence-corrected chi connectivity index (χ1v) is 10.1. The van der Waals surface area contributed by atoms with Crippen LogP contribution in [0.15, 0.2) is 48.5 Å². The summed E-state index contributed by atoms with van der Waals surface area (Å²) in [5, 5.41) is 6.25. The molecule has 0 unspecified atom stereocenters. The number of ether oxygens (including phenoxy) is 1. The van der Waals surface area contributed by atoms with Gasteiger partial charge in [-0.05, 0) is 47.3 Å². The number of alkyl carbamates (subject to hydrolysis) is 1. The highest BCUT2D eigenvalue weighted by Crippen LogP contribution is 2.44. The molecule has 2 aromatic carbocycles. The number of benzene rings is 2. The van der Waals surface area contributed by atoms with Gasteiger partial charge in [0.1, 0.15) is 6.61 Å². The lowest BCUT2D eigenvalue weighted by molar-refractivity contribution is 0.148. The van der Waals surface area contributed by atoms with Crippen molar-refractivity contribution < 1.29 is 9.53 Å². The van der Waals surface area contributed by atoms with Crippen LogP contribution in [-0.4, -0.2) is 23.9 Å². The van der Waals surface area contributed by atoms with E-state index in [0.717, 1.165) is 12.8 Å². The number of amides is 1. The van der Waals surface area contributed by atoms with Crippen molar-refractivity contribution in [2.75, 3.05) is 6.61 Å². The van der Waals surface area contributed by atoms with E-state index < -0.39 is 6.09 Å². The number of carbonyl (C=O) groups excluding carboxylic acids is 1. The van der Waals surface area contributed by atoms with Gasteiger partial charge in [0.05, 0.1) is 0 Å². The van der Waals surface area contributed by atoms with Gasteiger partial charge in [0.15, 0.2) is 5.11 Å². The SMILES string of the molecule is O=C(NC(=S)NC1CCCCC1)OCC1c2ccccc2-c2ccccc21. The molecule has 0 spiro atoms. The van der Waals surface area contributed by atoms with Crippen LogP contribution in [0, 0.1) is 0 Å². The second-order valence-electron chi connectivity index (χ2n) is 7.26. The number of carbonyl (C=O) groups is 1. The molecule has 0 radical (unpaired) electrons. The summed E-state index contributed by atoms with van der Waals surface area (Å²) in [6.07, 6.45) is 5.42. The Bertz CT molecular complexity index is 800. The van der Waals surface area contributed by atoms with Crippen molar-refractivity contribution in [3.8, 4) is 11.1 Å². The van der Waals surface area contributed by atoms with Crippen LogP contribution in [0.5, 0.6) is 0 Å². The fraction of sp³-hybridized carbons (Fsp3) is 0.364. The maximum absolute atomic E-state index is 12.2. The molecule has 0 atom stereocenters. The molecule has 27 heavy (non-hydrogen) atoms. The fourth-order valence-corrected chi connectivity index (χ4v) is 4.45. The Hall–Kier alpha value is -2.40. The minimum atomic E-state index is -0.495. The summed E-state index contributed by atoms with van der Waals surface area (Å²) in [5.41, 5.74) is 4.84. The molecule has 1 amide bonds. The third-order valence-electron chi connectivity index (χ3n) is 5.50. The highest BCUT2D eigenvalue weighted by molar-refractivity contribution is 7.80. The Morgan fingerprint density at radius 2 is 1.56 bits per heavy atom. The summed E-state index contributed by atoms with van der Waals surface area (Å²) < 4.78 is 5.52. The minimum absolute atomic E-state index is 0.0584. The Morgan fingerprint density at radius 1 is 0.963 bits per heavy atom. The van der Waals surface area contributed by atoms with Gasteiger partial charge in [0, 0.05) is 12.0 Å². The van der Waals surface area contributed by atoms with Gasteiger partial charge in [-0.2, -0.15) is 0 Å². The lowest BCUT2D eigenvalue weighted by Gasteiger charge is -2.24. The normalized spacial score (nSPS) is 16.3. The van der Waals surface area contributed by atoms with Gasteiger partial charge >= 0.3 is 6.09 Å². The smallest absolute Gasteiger partial charge is 0.413 e. The Balaban J connectivity index is 1.36. The fourth-order valence-electron chi connectivity index (χ4n) is 4.20. The van der Waals surface area contributed by atoms with Gasteiger partial charge < -0.3 is 10.1 Å². The van der Waals surface area contributed by atoms with Gasteiger partial charge in [-0.25, -0.2) is 4.79 Å². The average molecular weight is 381 g/mol. The summed E-state index contributed by atoms with van der Waals surface area (Å²) in [4.78, 5) is 12.2. The van der Waals surface area contributed by atoms with E-state index >= 15 is 0 Å². The molecule has 0 aromatic heterocycles. The summed E-state index contributed by atoms with van der Waals surface area (Å²) in [6, 6.07) is 17.0. The van der Waals surface area contributed by atoms with Gasteiger partial charge in [0.25, 0.3) is 0 Å². The van der Waals surface area contributed by atoms with Gasteiger partial charge in [-0.15, -0.1) is 0 Å². The second-order valence-corrected chi connectivity index (χ2v) is 7.67. The molecular formula is C22H24N2O2S. The second kappa shape index (κ2) is 8.09. The summed E-state index contributed by atoms with van der Waals surface area (Å²) in [7, 11) is 0. The molecule has 0 saturated heterocycles. The first kappa shape index (κ1) is 18.0. The van der Waals surface area contributed by atoms with Crippen molar-refractivity contribution in [1.29, 1.82) is 0 Å². The van der Waals surface area contributed by atoms with E-state index in [1.165, 1.54) is 41.5 Å². The highest BCUT2D eigenvalue weighted by atomic mass is 32.1. The maximum atomic E-state index is 12.2. The van der Waals surface area contributed by atoms with Crippen molar-refractivity contribution in [3.63, 3.8) is 0 Å². The van der Waals surface area contributed by atoms with Crippen LogP contribution in [0.25, 0.3) is 11.1 Å². The molecule has 2 N–H and O–H groups in total. The van der Waals surface area contributed by atoms with E-state index in [2.05, 4.69) is 34.9 Å². The third-order valence-corrected chi connectivity index (χ3v) is 5.72. The Kier molecular flexibility index (Phi) is 5.39. The standard InChI is InChI=1S/C22H24N2O2S/c25-22(24-21(27)23-15-8-2-1-3-9-15)26-14-20-18-12-6-4-10-16(18)17-11-5-7-13-19(17)20/h4-7,10-13,15,20H,1-3,8-9,14H2,(H2,23,24,25,27). The molecular weight excluding hydrogens is 356 g/mol. The van der Waals surface area contributed by atoms with Crippen molar-refractivity contribution in [2.45, 2.75) is 44.1 Å². The molecule has 0 bridgehead atoms. The van der Waals surface area contributed by atoms with E-state index in [4.69, 9.17) is 17.0 Å². The first-order chi connectivity index (χ1) is 13.2. The van der Waals surface area contributed by atoms with Crippen molar-refractivity contribution in [1.82, 2.24) is 10.6 Å². The quantitative estimate of drug-likeness (QED) is 0.756. The number of hydrogen-bond donors (Lipinski definition) is 2. The van der Waals surface area contributed by atoms with E-state index in [0.29, 0.717) is 17.8 Å². The van der Waals surface area contributed by atoms with E-state index in [9.17, 15) is 4.79 Å². The van der Waals surface area contributed by atoms with Crippen LogP contribution < -0.4 is 10.6 Å². The summed E-state index contributed by atoms with van der Waals surface area (Å²) >= 11 is 5.26. The first-order valence-electron chi connectivity index (χ1n) is 9.65.